The number of carbonyl (C=O) groups is 3. The Balaban J connectivity index is 2.96. The molecule has 0 aliphatic carbocycles. The van der Waals surface area contributed by atoms with Crippen LogP contribution in [-0.4, -0.2) is 59.6 Å². The van der Waals surface area contributed by atoms with E-state index in [-0.39, 0.29) is 5.91 Å². The smallest absolute Gasteiger partial charge is 0.305 e. The zero-order valence-corrected chi connectivity index (χ0v) is 11.4. The second kappa shape index (κ2) is 6.01. The van der Waals surface area contributed by atoms with Crippen molar-refractivity contribution in [2.45, 2.75) is 38.3 Å². The van der Waals surface area contributed by atoms with Crippen LogP contribution in [0.5, 0.6) is 0 Å². The quantitative estimate of drug-likeness (QED) is 0.710. The van der Waals surface area contributed by atoms with E-state index in [0.29, 0.717) is 19.5 Å². The van der Waals surface area contributed by atoms with Crippen LogP contribution in [0.1, 0.15) is 26.7 Å². The van der Waals surface area contributed by atoms with E-state index in [9.17, 15) is 14.4 Å². The molecule has 0 aromatic rings. The fraction of sp³-hybridized carbons (Fsp3) is 0.750. The van der Waals surface area contributed by atoms with E-state index < -0.39 is 29.9 Å². The maximum absolute atomic E-state index is 12.4. The van der Waals surface area contributed by atoms with Crippen molar-refractivity contribution in [1.82, 2.24) is 10.2 Å². The average molecular weight is 272 g/mol. The Kier molecular flexibility index (Phi) is 4.88. The zero-order valence-electron chi connectivity index (χ0n) is 11.4. The summed E-state index contributed by atoms with van der Waals surface area (Å²) in [4.78, 5) is 36.3. The number of hydrogen-bond acceptors (Lipinski definition) is 4. The molecule has 2 unspecified atom stereocenters. The highest BCUT2D eigenvalue weighted by molar-refractivity contribution is 5.94. The summed E-state index contributed by atoms with van der Waals surface area (Å²) in [6, 6.07) is -0.972. The van der Waals surface area contributed by atoms with E-state index in [1.165, 1.54) is 12.0 Å². The van der Waals surface area contributed by atoms with Crippen molar-refractivity contribution in [3.8, 4) is 0 Å². The largest absolute Gasteiger partial charge is 0.481 e. The Morgan fingerprint density at radius 1 is 1.58 bits per heavy atom. The third-order valence-corrected chi connectivity index (χ3v) is 3.54. The maximum Gasteiger partial charge on any atom is 0.305 e. The van der Waals surface area contributed by atoms with E-state index in [2.05, 4.69) is 5.32 Å². The van der Waals surface area contributed by atoms with Crippen LogP contribution in [0.4, 0.5) is 0 Å². The topological polar surface area (TPSA) is 95.9 Å². The first-order chi connectivity index (χ1) is 8.85. The van der Waals surface area contributed by atoms with Crippen molar-refractivity contribution >= 4 is 17.8 Å². The number of amides is 2. The highest BCUT2D eigenvalue weighted by atomic mass is 16.5. The third kappa shape index (κ3) is 3.23. The first-order valence-electron chi connectivity index (χ1n) is 6.21. The molecule has 0 radical (unpaired) electrons. The minimum absolute atomic E-state index is 0.293. The summed E-state index contributed by atoms with van der Waals surface area (Å²) >= 11 is 0. The van der Waals surface area contributed by atoms with Gasteiger partial charge >= 0.3 is 5.97 Å². The third-order valence-electron chi connectivity index (χ3n) is 3.54. The first kappa shape index (κ1) is 15.4. The van der Waals surface area contributed by atoms with Crippen LogP contribution in [-0.2, 0) is 19.1 Å². The van der Waals surface area contributed by atoms with Crippen LogP contribution < -0.4 is 5.32 Å². The Morgan fingerprint density at radius 2 is 2.21 bits per heavy atom. The lowest BCUT2D eigenvalue weighted by Gasteiger charge is -2.39. The van der Waals surface area contributed by atoms with Crippen LogP contribution in [0.25, 0.3) is 0 Å². The fourth-order valence-corrected chi connectivity index (χ4v) is 2.01. The van der Waals surface area contributed by atoms with Crippen molar-refractivity contribution in [3.63, 3.8) is 0 Å². The molecule has 7 nitrogen and oxygen atoms in total. The van der Waals surface area contributed by atoms with Gasteiger partial charge in [-0.15, -0.1) is 0 Å². The lowest BCUT2D eigenvalue weighted by atomic mass is 9.98. The molecule has 1 aliphatic rings. The van der Waals surface area contributed by atoms with Crippen LogP contribution >= 0.6 is 0 Å². The number of nitrogens with one attached hydrogen (secondary N) is 1. The summed E-state index contributed by atoms with van der Waals surface area (Å²) < 4.78 is 5.22. The number of aliphatic carboxylic acids is 1. The molecule has 1 rings (SSSR count). The molecule has 108 valence electrons. The van der Waals surface area contributed by atoms with Crippen LogP contribution in [0.2, 0.25) is 0 Å². The number of piperazine rings is 1. The minimum Gasteiger partial charge on any atom is -0.481 e. The molecule has 1 fully saturated rings. The average Bonchev–Trinajstić information content (AvgIpc) is 2.39. The molecule has 1 aliphatic heterocycles. The van der Waals surface area contributed by atoms with E-state index >= 15 is 0 Å². The Bertz CT molecular complexity index is 378. The van der Waals surface area contributed by atoms with Crippen molar-refractivity contribution in [1.29, 1.82) is 0 Å². The molecule has 19 heavy (non-hydrogen) atoms. The SMILES string of the molecule is CCC(C)(OC)C(=O)N1CCNC(=O)C1CC(=O)O. The number of carboxylic acid groups (broad SMARTS) is 1. The number of ether oxygens (including phenoxy) is 1. The predicted octanol–water partition coefficient (Wildman–Crippen LogP) is -0.397. The lowest BCUT2D eigenvalue weighted by molar-refractivity contribution is -0.162. The highest BCUT2D eigenvalue weighted by Crippen LogP contribution is 2.21. The number of rotatable bonds is 5. The predicted molar refractivity (Wildman–Crippen MR) is 66.5 cm³/mol. The molecule has 2 N–H and O–H groups in total. The van der Waals surface area contributed by atoms with Gasteiger partial charge in [0.05, 0.1) is 6.42 Å². The molecule has 1 heterocycles. The molecule has 0 aromatic heterocycles. The molecule has 0 aromatic carbocycles. The molecular weight excluding hydrogens is 252 g/mol. The summed E-state index contributed by atoms with van der Waals surface area (Å²) in [6.45, 7) is 4.06. The summed E-state index contributed by atoms with van der Waals surface area (Å²) in [5.74, 6) is -1.90. The van der Waals surface area contributed by atoms with Gasteiger partial charge in [0, 0.05) is 20.2 Å². The highest BCUT2D eigenvalue weighted by Gasteiger charge is 2.42. The van der Waals surface area contributed by atoms with Crippen molar-refractivity contribution < 1.29 is 24.2 Å². The second-order valence-electron chi connectivity index (χ2n) is 4.69. The van der Waals surface area contributed by atoms with Crippen molar-refractivity contribution in [3.05, 3.63) is 0 Å². The van der Waals surface area contributed by atoms with Crippen LogP contribution in [0, 0.1) is 0 Å². The number of hydrogen-bond donors (Lipinski definition) is 2. The molecule has 7 heteroatoms. The van der Waals surface area contributed by atoms with Gasteiger partial charge in [0.1, 0.15) is 11.6 Å². The van der Waals surface area contributed by atoms with Crippen molar-refractivity contribution in [2.75, 3.05) is 20.2 Å². The minimum atomic E-state index is -1.12. The van der Waals surface area contributed by atoms with Gasteiger partial charge in [0.2, 0.25) is 5.91 Å². The maximum atomic E-state index is 12.4. The number of nitrogens with zero attached hydrogens (tertiary/aromatic N) is 1. The number of methoxy groups -OCH3 is 1. The monoisotopic (exact) mass is 272 g/mol. The molecular formula is C12H20N2O5. The fourth-order valence-electron chi connectivity index (χ4n) is 2.01. The summed E-state index contributed by atoms with van der Waals surface area (Å²) in [5, 5.41) is 11.4. The lowest BCUT2D eigenvalue weighted by Crippen LogP contribution is -2.62. The second-order valence-corrected chi connectivity index (χ2v) is 4.69. The van der Waals surface area contributed by atoms with Gasteiger partial charge in [-0.25, -0.2) is 0 Å². The molecule has 0 bridgehead atoms. The van der Waals surface area contributed by atoms with E-state index in [4.69, 9.17) is 9.84 Å². The van der Waals surface area contributed by atoms with Crippen LogP contribution in [0.3, 0.4) is 0 Å². The van der Waals surface area contributed by atoms with Gasteiger partial charge in [0.15, 0.2) is 0 Å². The summed E-state index contributed by atoms with van der Waals surface area (Å²) in [5.41, 5.74) is -1.03. The van der Waals surface area contributed by atoms with Crippen LogP contribution in [0.15, 0.2) is 0 Å². The summed E-state index contributed by atoms with van der Waals surface area (Å²) in [6.07, 6.45) is 0.0430. The number of carbonyl (C=O) groups excluding carboxylic acids is 2. The molecule has 0 spiro atoms. The summed E-state index contributed by atoms with van der Waals surface area (Å²) in [7, 11) is 1.43. The van der Waals surface area contributed by atoms with Gasteiger partial charge in [0.25, 0.3) is 5.91 Å². The molecule has 2 atom stereocenters. The zero-order chi connectivity index (χ0) is 14.6. The molecule has 0 saturated carbocycles. The van der Waals surface area contributed by atoms with Gasteiger partial charge in [-0.3, -0.25) is 14.4 Å². The Morgan fingerprint density at radius 3 is 2.68 bits per heavy atom. The number of carboxylic acids is 1. The van der Waals surface area contributed by atoms with Gasteiger partial charge in [-0.05, 0) is 13.3 Å². The van der Waals surface area contributed by atoms with E-state index in [0.717, 1.165) is 0 Å². The van der Waals surface area contributed by atoms with E-state index in [1.807, 2.05) is 0 Å². The first-order valence-corrected chi connectivity index (χ1v) is 6.21. The Labute approximate surface area is 111 Å². The van der Waals surface area contributed by atoms with Crippen molar-refractivity contribution in [2.24, 2.45) is 0 Å². The molecule has 1 saturated heterocycles. The Hall–Kier alpha value is -1.63. The van der Waals surface area contributed by atoms with Gasteiger partial charge < -0.3 is 20.1 Å². The standard InChI is InChI=1S/C12H20N2O5/c1-4-12(2,19-3)11(18)14-6-5-13-10(17)8(14)7-9(15)16/h8H,4-7H2,1-3H3,(H,13,17)(H,15,16). The van der Waals surface area contributed by atoms with E-state index in [1.54, 1.807) is 13.8 Å². The van der Waals surface area contributed by atoms with Gasteiger partial charge in [-0.2, -0.15) is 0 Å². The van der Waals surface area contributed by atoms with Gasteiger partial charge in [-0.1, -0.05) is 6.92 Å². The normalized spacial score (nSPS) is 22.6. The molecule has 2 amide bonds.